The van der Waals surface area contributed by atoms with Crippen LogP contribution in [0.3, 0.4) is 0 Å². The van der Waals surface area contributed by atoms with Gasteiger partial charge in [-0.25, -0.2) is 0 Å². The summed E-state index contributed by atoms with van der Waals surface area (Å²) in [4.78, 5) is 0. The summed E-state index contributed by atoms with van der Waals surface area (Å²) in [7, 11) is 0. The Morgan fingerprint density at radius 1 is 1.21 bits per heavy atom. The zero-order valence-corrected chi connectivity index (χ0v) is 12.0. The number of rotatable bonds is 6. The molecule has 1 aromatic heterocycles. The molecular weight excluding hydrogens is 261 g/mol. The highest BCUT2D eigenvalue weighted by Crippen LogP contribution is 2.23. The molecule has 0 aliphatic heterocycles. The van der Waals surface area contributed by atoms with E-state index >= 15 is 0 Å². The molecule has 102 valence electrons. The van der Waals surface area contributed by atoms with E-state index in [-0.39, 0.29) is 12.7 Å². The van der Waals surface area contributed by atoms with Crippen molar-refractivity contribution in [2.45, 2.75) is 32.2 Å². The van der Waals surface area contributed by atoms with Crippen molar-refractivity contribution in [2.75, 3.05) is 12.0 Å². The first kappa shape index (κ1) is 13.9. The fourth-order valence-corrected chi connectivity index (χ4v) is 2.67. The molecule has 0 fully saturated rings. The lowest BCUT2D eigenvalue weighted by molar-refractivity contribution is 0.494. The second-order valence-electron chi connectivity index (χ2n) is 4.57. The Kier molecular flexibility index (Phi) is 4.85. The molecule has 1 heterocycles. The van der Waals surface area contributed by atoms with E-state index in [2.05, 4.69) is 41.5 Å². The fraction of sp³-hybridized carbons (Fsp3) is 0.429. The molecular formula is C14H18FN3S. The number of anilines is 1. The molecule has 0 aliphatic rings. The molecule has 19 heavy (non-hydrogen) atoms. The van der Waals surface area contributed by atoms with Crippen molar-refractivity contribution in [3.8, 4) is 0 Å². The normalized spacial score (nSPS) is 14.1. The third kappa shape index (κ3) is 3.73. The van der Waals surface area contributed by atoms with Gasteiger partial charge in [-0.1, -0.05) is 48.6 Å². The molecule has 1 N–H and O–H groups in total. The summed E-state index contributed by atoms with van der Waals surface area (Å²) in [5, 5.41) is 12.8. The van der Waals surface area contributed by atoms with Crippen molar-refractivity contribution in [3.63, 3.8) is 0 Å². The van der Waals surface area contributed by atoms with Crippen LogP contribution in [0.2, 0.25) is 0 Å². The topological polar surface area (TPSA) is 37.8 Å². The molecule has 2 atom stereocenters. The van der Waals surface area contributed by atoms with Crippen LogP contribution in [0.25, 0.3) is 0 Å². The van der Waals surface area contributed by atoms with Gasteiger partial charge >= 0.3 is 0 Å². The molecule has 0 aliphatic carbocycles. The maximum atomic E-state index is 12.2. The zero-order valence-electron chi connectivity index (χ0n) is 11.1. The fourth-order valence-electron chi connectivity index (χ4n) is 1.86. The summed E-state index contributed by atoms with van der Waals surface area (Å²) < 4.78 is 12.2. The Balaban J connectivity index is 1.98. The number of aromatic nitrogens is 2. The van der Waals surface area contributed by atoms with Crippen LogP contribution in [0, 0.1) is 0 Å². The molecule has 2 unspecified atom stereocenters. The first-order valence-electron chi connectivity index (χ1n) is 6.40. The number of nitrogens with zero attached hydrogens (tertiary/aromatic N) is 2. The van der Waals surface area contributed by atoms with Gasteiger partial charge in [0, 0.05) is 18.4 Å². The summed E-state index contributed by atoms with van der Waals surface area (Å²) in [6.07, 6.45) is 0.349. The maximum Gasteiger partial charge on any atom is 0.205 e. The first-order valence-corrected chi connectivity index (χ1v) is 7.22. The van der Waals surface area contributed by atoms with Gasteiger partial charge < -0.3 is 5.32 Å². The average Bonchev–Trinajstić information content (AvgIpc) is 2.86. The van der Waals surface area contributed by atoms with Crippen molar-refractivity contribution < 1.29 is 4.39 Å². The predicted molar refractivity (Wildman–Crippen MR) is 77.5 cm³/mol. The number of alkyl halides is 1. The minimum atomic E-state index is -0.384. The van der Waals surface area contributed by atoms with Gasteiger partial charge in [0.25, 0.3) is 0 Å². The van der Waals surface area contributed by atoms with E-state index in [0.29, 0.717) is 12.3 Å². The first-order chi connectivity index (χ1) is 9.20. The maximum absolute atomic E-state index is 12.2. The van der Waals surface area contributed by atoms with E-state index in [4.69, 9.17) is 0 Å². The van der Waals surface area contributed by atoms with Crippen molar-refractivity contribution in [1.29, 1.82) is 0 Å². The molecule has 2 aromatic rings. The quantitative estimate of drug-likeness (QED) is 0.877. The number of nitrogens with one attached hydrogen (secondary N) is 1. The molecule has 0 radical (unpaired) electrons. The third-order valence-electron chi connectivity index (χ3n) is 3.20. The highest BCUT2D eigenvalue weighted by atomic mass is 32.1. The smallest absolute Gasteiger partial charge is 0.205 e. The molecule has 0 saturated carbocycles. The van der Waals surface area contributed by atoms with Gasteiger partial charge in [-0.05, 0) is 12.5 Å². The van der Waals surface area contributed by atoms with Crippen LogP contribution in [0.4, 0.5) is 9.52 Å². The highest BCUT2D eigenvalue weighted by Gasteiger charge is 2.15. The van der Waals surface area contributed by atoms with E-state index in [1.54, 1.807) is 0 Å². The molecule has 2 rings (SSSR count). The van der Waals surface area contributed by atoms with E-state index in [9.17, 15) is 4.39 Å². The van der Waals surface area contributed by atoms with E-state index < -0.39 is 0 Å². The van der Waals surface area contributed by atoms with Crippen LogP contribution in [0.1, 0.15) is 30.3 Å². The van der Waals surface area contributed by atoms with Gasteiger partial charge in [-0.15, -0.1) is 10.2 Å². The summed E-state index contributed by atoms with van der Waals surface area (Å²) in [5.41, 5.74) is 1.29. The van der Waals surface area contributed by atoms with Gasteiger partial charge in [-0.3, -0.25) is 4.39 Å². The monoisotopic (exact) mass is 279 g/mol. The van der Waals surface area contributed by atoms with Gasteiger partial charge in [0.05, 0.1) is 6.67 Å². The third-order valence-corrected chi connectivity index (χ3v) is 4.12. The largest absolute Gasteiger partial charge is 0.357 e. The van der Waals surface area contributed by atoms with E-state index in [1.165, 1.54) is 16.9 Å². The van der Waals surface area contributed by atoms with Crippen molar-refractivity contribution in [1.82, 2.24) is 10.2 Å². The summed E-state index contributed by atoms with van der Waals surface area (Å²) >= 11 is 1.43. The molecule has 0 bridgehead atoms. The zero-order chi connectivity index (χ0) is 13.7. The number of hydrogen-bond donors (Lipinski definition) is 1. The number of benzene rings is 1. The Labute approximate surface area is 116 Å². The van der Waals surface area contributed by atoms with E-state index in [1.807, 2.05) is 18.2 Å². The molecule has 0 spiro atoms. The summed E-state index contributed by atoms with van der Waals surface area (Å²) in [5.74, 6) is 0.370. The lowest BCUT2D eigenvalue weighted by atomic mass is 9.95. The van der Waals surface area contributed by atoms with Crippen LogP contribution in [-0.2, 0) is 6.42 Å². The van der Waals surface area contributed by atoms with Gasteiger partial charge in [0.15, 0.2) is 0 Å². The molecule has 1 aromatic carbocycles. The molecule has 3 nitrogen and oxygen atoms in total. The SMILES string of the molecule is CC(Nc1nnc(CCF)s1)C(C)c1ccccc1. The van der Waals surface area contributed by atoms with Gasteiger partial charge in [-0.2, -0.15) is 0 Å². The molecule has 5 heteroatoms. The van der Waals surface area contributed by atoms with E-state index in [0.717, 1.165) is 10.1 Å². The number of aryl methyl sites for hydroxylation is 1. The second-order valence-corrected chi connectivity index (χ2v) is 5.63. The number of hydrogen-bond acceptors (Lipinski definition) is 4. The lowest BCUT2D eigenvalue weighted by Gasteiger charge is -2.20. The lowest BCUT2D eigenvalue weighted by Crippen LogP contribution is -2.22. The van der Waals surface area contributed by atoms with Crippen LogP contribution in [-0.4, -0.2) is 22.9 Å². The Morgan fingerprint density at radius 3 is 2.63 bits per heavy atom. The Hall–Kier alpha value is -1.49. The van der Waals surface area contributed by atoms with Crippen molar-refractivity contribution >= 4 is 16.5 Å². The second kappa shape index (κ2) is 6.61. The summed E-state index contributed by atoms with van der Waals surface area (Å²) in [6, 6.07) is 10.6. The van der Waals surface area contributed by atoms with Crippen LogP contribution < -0.4 is 5.32 Å². The Morgan fingerprint density at radius 2 is 1.95 bits per heavy atom. The average molecular weight is 279 g/mol. The van der Waals surface area contributed by atoms with Crippen molar-refractivity contribution in [3.05, 3.63) is 40.9 Å². The minimum absolute atomic E-state index is 0.244. The highest BCUT2D eigenvalue weighted by molar-refractivity contribution is 7.15. The molecule has 0 amide bonds. The van der Waals surface area contributed by atoms with Crippen LogP contribution in [0.5, 0.6) is 0 Å². The number of halogens is 1. The van der Waals surface area contributed by atoms with Gasteiger partial charge in [0.1, 0.15) is 5.01 Å². The Bertz CT molecular complexity index is 500. The van der Waals surface area contributed by atoms with Crippen molar-refractivity contribution in [2.24, 2.45) is 0 Å². The minimum Gasteiger partial charge on any atom is -0.357 e. The van der Waals surface area contributed by atoms with Gasteiger partial charge in [0.2, 0.25) is 5.13 Å². The van der Waals surface area contributed by atoms with Crippen LogP contribution >= 0.6 is 11.3 Å². The predicted octanol–water partition coefficient (Wildman–Crippen LogP) is 3.65. The molecule has 0 saturated heterocycles. The standard InChI is InChI=1S/C14H18FN3S/c1-10(12-6-4-3-5-7-12)11(2)16-14-18-17-13(19-14)8-9-15/h3-7,10-11H,8-9H2,1-2H3,(H,16,18). The van der Waals surface area contributed by atoms with Crippen LogP contribution in [0.15, 0.2) is 30.3 Å². The summed E-state index contributed by atoms with van der Waals surface area (Å²) in [6.45, 7) is 3.91.